The second-order valence-corrected chi connectivity index (χ2v) is 12.0. The molecule has 0 amide bonds. The maximum atomic E-state index is 12.8. The first-order chi connectivity index (χ1) is 15.2. The molecule has 0 saturated carbocycles. The predicted molar refractivity (Wildman–Crippen MR) is 125 cm³/mol. The largest absolute Gasteiger partial charge is 0.243 e. The first-order valence-corrected chi connectivity index (χ1v) is 13.2. The zero-order valence-corrected chi connectivity index (χ0v) is 19.7. The molecule has 0 N–H and O–H groups in total. The molecule has 168 valence electrons. The minimum Gasteiger partial charge on any atom is -0.207 e. The van der Waals surface area contributed by atoms with Gasteiger partial charge in [0, 0.05) is 26.2 Å². The highest BCUT2D eigenvalue weighted by atomic mass is 32.2. The molecule has 0 aromatic heterocycles. The van der Waals surface area contributed by atoms with Gasteiger partial charge in [0.1, 0.15) is 0 Å². The predicted octanol–water partition coefficient (Wildman–Crippen LogP) is 3.42. The quantitative estimate of drug-likeness (QED) is 0.648. The van der Waals surface area contributed by atoms with E-state index < -0.39 is 20.0 Å². The van der Waals surface area contributed by atoms with Gasteiger partial charge in [-0.15, -0.1) is 0 Å². The van der Waals surface area contributed by atoms with Crippen LogP contribution in [0.2, 0.25) is 0 Å². The number of aryl methyl sites for hydroxylation is 2. The maximum absolute atomic E-state index is 12.8. The van der Waals surface area contributed by atoms with Crippen LogP contribution in [-0.4, -0.2) is 51.6 Å². The fraction of sp³-hybridized carbons (Fsp3) is 0.250. The van der Waals surface area contributed by atoms with E-state index in [1.807, 2.05) is 38.2 Å². The van der Waals surface area contributed by atoms with Crippen LogP contribution >= 0.6 is 0 Å². The molecule has 0 aliphatic carbocycles. The molecule has 0 spiro atoms. The molecule has 2 aromatic carbocycles. The van der Waals surface area contributed by atoms with E-state index in [2.05, 4.69) is 0 Å². The lowest BCUT2D eigenvalue weighted by Crippen LogP contribution is -2.29. The van der Waals surface area contributed by atoms with Crippen LogP contribution in [0.25, 0.3) is 0 Å². The van der Waals surface area contributed by atoms with Crippen LogP contribution in [0.5, 0.6) is 0 Å². The molecule has 0 radical (unpaired) electrons. The van der Waals surface area contributed by atoms with Crippen LogP contribution in [0.4, 0.5) is 0 Å². The molecule has 0 bridgehead atoms. The number of nitrogens with zero attached hydrogens (tertiary/aromatic N) is 2. The molecule has 2 aliphatic rings. The fourth-order valence-electron chi connectivity index (χ4n) is 3.64. The molecule has 8 heteroatoms. The van der Waals surface area contributed by atoms with Crippen molar-refractivity contribution in [3.63, 3.8) is 0 Å². The van der Waals surface area contributed by atoms with E-state index in [4.69, 9.17) is 0 Å². The Morgan fingerprint density at radius 1 is 0.625 bits per heavy atom. The Kier molecular flexibility index (Phi) is 6.22. The van der Waals surface area contributed by atoms with Gasteiger partial charge in [-0.2, -0.15) is 8.61 Å². The number of hydrogen-bond acceptors (Lipinski definition) is 4. The van der Waals surface area contributed by atoms with Crippen molar-refractivity contribution in [3.05, 3.63) is 95.1 Å². The minimum atomic E-state index is -3.54. The van der Waals surface area contributed by atoms with Gasteiger partial charge in [0.15, 0.2) is 0 Å². The number of hydrogen-bond donors (Lipinski definition) is 0. The van der Waals surface area contributed by atoms with Crippen LogP contribution in [0, 0.1) is 13.8 Å². The second-order valence-electron chi connectivity index (χ2n) is 8.11. The standard InChI is InChI=1S/C24H26N2O4S2/c1-19-3-9-23(10-4-19)31(27,28)25-15-13-21(17-25)7-8-22-14-16-26(18-22)32(29,30)24-11-5-20(2)6-12-24/h3-14H,15-18H2,1-2H3/b8-7+. The van der Waals surface area contributed by atoms with Crippen molar-refractivity contribution < 1.29 is 16.8 Å². The van der Waals surface area contributed by atoms with Gasteiger partial charge in [0.2, 0.25) is 20.0 Å². The summed E-state index contributed by atoms with van der Waals surface area (Å²) in [7, 11) is -7.08. The zero-order valence-electron chi connectivity index (χ0n) is 18.1. The van der Waals surface area contributed by atoms with Crippen molar-refractivity contribution in [3.8, 4) is 0 Å². The van der Waals surface area contributed by atoms with Crippen molar-refractivity contribution >= 4 is 20.0 Å². The third-order valence-corrected chi connectivity index (χ3v) is 9.31. The number of sulfonamides is 2. The molecule has 4 rings (SSSR count). The van der Waals surface area contributed by atoms with Crippen LogP contribution in [0.15, 0.2) is 93.8 Å². The summed E-state index contributed by atoms with van der Waals surface area (Å²) in [6, 6.07) is 13.7. The van der Waals surface area contributed by atoms with Crippen LogP contribution in [0.3, 0.4) is 0 Å². The third-order valence-electron chi connectivity index (χ3n) is 5.66. The Balaban J connectivity index is 1.38. The molecule has 6 nitrogen and oxygen atoms in total. The van der Waals surface area contributed by atoms with Crippen LogP contribution in [0.1, 0.15) is 11.1 Å². The highest BCUT2D eigenvalue weighted by Crippen LogP contribution is 2.24. The molecular weight excluding hydrogens is 444 g/mol. The second kappa shape index (κ2) is 8.78. The van der Waals surface area contributed by atoms with Crippen molar-refractivity contribution in [1.82, 2.24) is 8.61 Å². The molecule has 0 atom stereocenters. The Bertz CT molecular complexity index is 1200. The number of benzene rings is 2. The van der Waals surface area contributed by atoms with Crippen molar-refractivity contribution in [2.45, 2.75) is 23.6 Å². The lowest BCUT2D eigenvalue weighted by molar-refractivity contribution is 0.484. The van der Waals surface area contributed by atoms with Crippen molar-refractivity contribution in [1.29, 1.82) is 0 Å². The van der Waals surface area contributed by atoms with E-state index in [1.54, 1.807) is 48.5 Å². The fourth-order valence-corrected chi connectivity index (χ4v) is 6.38. The van der Waals surface area contributed by atoms with Gasteiger partial charge in [0.05, 0.1) is 9.79 Å². The van der Waals surface area contributed by atoms with E-state index in [0.29, 0.717) is 26.2 Å². The summed E-state index contributed by atoms with van der Waals surface area (Å²) in [6.07, 6.45) is 7.52. The SMILES string of the molecule is Cc1ccc(S(=O)(=O)N2CC=C(/C=C/C3=CCN(S(=O)(=O)c4ccc(C)cc4)C3)C2)cc1. The Morgan fingerprint density at radius 2 is 0.969 bits per heavy atom. The van der Waals surface area contributed by atoms with Gasteiger partial charge >= 0.3 is 0 Å². The molecule has 0 fully saturated rings. The minimum absolute atomic E-state index is 0.289. The van der Waals surface area contributed by atoms with Gasteiger partial charge in [-0.3, -0.25) is 0 Å². The smallest absolute Gasteiger partial charge is 0.207 e. The first kappa shape index (κ1) is 22.7. The molecule has 2 heterocycles. The van der Waals surface area contributed by atoms with Crippen molar-refractivity contribution in [2.75, 3.05) is 26.2 Å². The van der Waals surface area contributed by atoms with E-state index in [0.717, 1.165) is 22.3 Å². The molecule has 0 unspecified atom stereocenters. The monoisotopic (exact) mass is 470 g/mol. The Labute approximate surface area is 190 Å². The highest BCUT2D eigenvalue weighted by Gasteiger charge is 2.29. The lowest BCUT2D eigenvalue weighted by atomic mass is 10.2. The van der Waals surface area contributed by atoms with Gasteiger partial charge in [0.25, 0.3) is 0 Å². The summed E-state index contributed by atoms with van der Waals surface area (Å²) >= 11 is 0. The van der Waals surface area contributed by atoms with Crippen molar-refractivity contribution in [2.24, 2.45) is 0 Å². The van der Waals surface area contributed by atoms with E-state index in [9.17, 15) is 16.8 Å². The van der Waals surface area contributed by atoms with Gasteiger partial charge < -0.3 is 0 Å². The zero-order chi connectivity index (χ0) is 22.9. The van der Waals surface area contributed by atoms with Gasteiger partial charge in [-0.25, -0.2) is 16.8 Å². The molecule has 32 heavy (non-hydrogen) atoms. The Hall–Kier alpha value is -2.52. The topological polar surface area (TPSA) is 74.8 Å². The summed E-state index contributed by atoms with van der Waals surface area (Å²) in [6.45, 7) is 5.07. The molecule has 0 saturated heterocycles. The van der Waals surface area contributed by atoms with E-state index in [-0.39, 0.29) is 9.79 Å². The maximum Gasteiger partial charge on any atom is 0.243 e. The summed E-state index contributed by atoms with van der Waals surface area (Å²) in [4.78, 5) is 0.578. The summed E-state index contributed by atoms with van der Waals surface area (Å²) in [5.41, 5.74) is 3.80. The molecular formula is C24H26N2O4S2. The third kappa shape index (κ3) is 4.63. The van der Waals surface area contributed by atoms with E-state index >= 15 is 0 Å². The molecule has 2 aromatic rings. The van der Waals surface area contributed by atoms with Crippen LogP contribution < -0.4 is 0 Å². The van der Waals surface area contributed by atoms with Gasteiger partial charge in [-0.1, -0.05) is 59.7 Å². The lowest BCUT2D eigenvalue weighted by Gasteiger charge is -2.16. The molecule has 2 aliphatic heterocycles. The Morgan fingerprint density at radius 3 is 1.31 bits per heavy atom. The van der Waals surface area contributed by atoms with Gasteiger partial charge in [-0.05, 0) is 49.3 Å². The summed E-state index contributed by atoms with van der Waals surface area (Å²) in [5, 5.41) is 0. The van der Waals surface area contributed by atoms with Crippen LogP contribution in [-0.2, 0) is 20.0 Å². The van der Waals surface area contributed by atoms with E-state index in [1.165, 1.54) is 8.61 Å². The number of rotatable bonds is 6. The normalized spacial score (nSPS) is 18.3. The first-order valence-electron chi connectivity index (χ1n) is 10.4. The average molecular weight is 471 g/mol. The summed E-state index contributed by atoms with van der Waals surface area (Å²) < 4.78 is 54.3. The summed E-state index contributed by atoms with van der Waals surface area (Å²) in [5.74, 6) is 0. The highest BCUT2D eigenvalue weighted by molar-refractivity contribution is 7.89. The average Bonchev–Trinajstić information content (AvgIpc) is 3.43.